The predicted octanol–water partition coefficient (Wildman–Crippen LogP) is 15.0. The highest BCUT2D eigenvalue weighted by molar-refractivity contribution is 5.76. The molecule has 1 rings (SSSR count). The molecule has 1 aliphatic heterocycles. The van der Waals surface area contributed by atoms with Crippen LogP contribution < -0.4 is 5.32 Å². The summed E-state index contributed by atoms with van der Waals surface area (Å²) in [5.41, 5.74) is 0. The fourth-order valence-electron chi connectivity index (χ4n) is 9.02. The Morgan fingerprint density at radius 3 is 1.33 bits per heavy atom. The van der Waals surface area contributed by atoms with Crippen LogP contribution in [-0.4, -0.2) is 87.5 Å². The lowest BCUT2D eigenvalue weighted by molar-refractivity contribution is -0.302. The topological polar surface area (TPSA) is 149 Å². The molecular weight excluding hydrogens is 899 g/mol. The van der Waals surface area contributed by atoms with E-state index in [1.165, 1.54) is 161 Å². The Bertz CT molecular complexity index is 1400. The molecule has 7 unspecified atom stereocenters. The van der Waals surface area contributed by atoms with Crippen LogP contribution >= 0.6 is 0 Å². The van der Waals surface area contributed by atoms with Gasteiger partial charge in [-0.3, -0.25) is 4.79 Å². The largest absolute Gasteiger partial charge is 0.394 e. The van der Waals surface area contributed by atoms with Gasteiger partial charge >= 0.3 is 0 Å². The number of carbonyl (C=O) groups excluding carboxylic acids is 1. The lowest BCUT2D eigenvalue weighted by Crippen LogP contribution is -2.60. The number of hydrogen-bond acceptors (Lipinski definition) is 8. The van der Waals surface area contributed by atoms with E-state index in [9.17, 15) is 30.3 Å². The van der Waals surface area contributed by atoms with Crippen LogP contribution in [0.2, 0.25) is 0 Å². The zero-order valence-electron chi connectivity index (χ0n) is 46.2. The molecule has 1 aliphatic rings. The van der Waals surface area contributed by atoms with Gasteiger partial charge in [0.2, 0.25) is 5.91 Å². The van der Waals surface area contributed by atoms with Gasteiger partial charge in [-0.25, -0.2) is 0 Å². The van der Waals surface area contributed by atoms with Gasteiger partial charge in [-0.2, -0.15) is 0 Å². The maximum Gasteiger partial charge on any atom is 0.220 e. The van der Waals surface area contributed by atoms with Gasteiger partial charge in [0.15, 0.2) is 6.29 Å². The molecule has 72 heavy (non-hydrogen) atoms. The van der Waals surface area contributed by atoms with Crippen molar-refractivity contribution < 1.29 is 39.8 Å². The van der Waals surface area contributed by atoms with E-state index in [2.05, 4.69) is 92.1 Å². The van der Waals surface area contributed by atoms with Crippen LogP contribution in [0, 0.1) is 0 Å². The molecule has 6 N–H and O–H groups in total. The summed E-state index contributed by atoms with van der Waals surface area (Å²) in [5.74, 6) is -0.187. The SMILES string of the molecule is CC/C=C\C/C=C\C/C=C\C/C=C\C/C=C\CCCCCCCCCCCCCCCCCCCC(=O)NC(COC1OC(CO)C(O)C(O)C1O)C(O)/C=C/CC/C=C/CCCCCCCCCCCC. The molecule has 1 amide bonds. The van der Waals surface area contributed by atoms with Crippen molar-refractivity contribution in [1.82, 2.24) is 5.32 Å². The quantitative estimate of drug-likeness (QED) is 0.0261. The van der Waals surface area contributed by atoms with Crippen LogP contribution in [0.25, 0.3) is 0 Å². The molecular formula is C63H111NO8. The van der Waals surface area contributed by atoms with Crippen molar-refractivity contribution >= 4 is 5.91 Å². The molecule has 0 aliphatic carbocycles. The average molecular weight is 1010 g/mol. The Labute approximate surface area is 441 Å². The van der Waals surface area contributed by atoms with Crippen molar-refractivity contribution in [2.75, 3.05) is 13.2 Å². The van der Waals surface area contributed by atoms with Crippen molar-refractivity contribution in [3.8, 4) is 0 Å². The number of aliphatic hydroxyl groups is 5. The van der Waals surface area contributed by atoms with E-state index < -0.39 is 49.5 Å². The van der Waals surface area contributed by atoms with E-state index in [1.54, 1.807) is 6.08 Å². The summed E-state index contributed by atoms with van der Waals surface area (Å²) >= 11 is 0. The zero-order valence-corrected chi connectivity index (χ0v) is 46.2. The number of hydrogen-bond donors (Lipinski definition) is 6. The van der Waals surface area contributed by atoms with E-state index in [0.717, 1.165) is 70.6 Å². The van der Waals surface area contributed by atoms with E-state index in [4.69, 9.17) is 9.47 Å². The highest BCUT2D eigenvalue weighted by atomic mass is 16.7. The smallest absolute Gasteiger partial charge is 0.220 e. The number of allylic oxidation sites excluding steroid dienone is 13. The van der Waals surface area contributed by atoms with Crippen LogP contribution in [0.4, 0.5) is 0 Å². The van der Waals surface area contributed by atoms with E-state index in [-0.39, 0.29) is 12.5 Å². The standard InChI is InChI=1S/C63H111NO8/c1-3-5-7-9-11-13-15-17-19-21-22-23-24-25-26-27-28-29-30-31-32-33-34-35-36-37-39-41-43-45-47-49-51-53-59(67)64-56(55-71-63-62(70)61(69)60(68)58(54-65)72-63)57(66)52-50-48-46-44-42-40-38-20-18-16-14-12-10-8-6-4-2/h5,7,11,13,17,19,22-23,25-26,42,44,50,52,56-58,60-63,65-66,68-70H,3-4,6,8-10,12,14-16,18,20-21,24,27-41,43,45-49,51,53-55H2,1-2H3,(H,64,67)/b7-5-,13-11-,19-17-,23-22-,26-25-,44-42+,52-50+. The summed E-state index contributed by atoms with van der Waals surface area (Å²) in [6.07, 6.45) is 66.6. The van der Waals surface area contributed by atoms with Crippen molar-refractivity contribution in [2.45, 2.75) is 294 Å². The Morgan fingerprint density at radius 1 is 0.486 bits per heavy atom. The molecule has 7 atom stereocenters. The lowest BCUT2D eigenvalue weighted by Gasteiger charge is -2.40. The van der Waals surface area contributed by atoms with Crippen LogP contribution in [0.15, 0.2) is 85.1 Å². The van der Waals surface area contributed by atoms with Gasteiger partial charge in [0.25, 0.3) is 0 Å². The van der Waals surface area contributed by atoms with E-state index in [1.807, 2.05) is 6.08 Å². The molecule has 0 aromatic carbocycles. The molecule has 416 valence electrons. The summed E-state index contributed by atoms with van der Waals surface area (Å²) in [6, 6.07) is -0.824. The number of carbonyl (C=O) groups is 1. The fourth-order valence-corrected chi connectivity index (χ4v) is 9.02. The molecule has 0 aromatic rings. The van der Waals surface area contributed by atoms with E-state index in [0.29, 0.717) is 6.42 Å². The summed E-state index contributed by atoms with van der Waals surface area (Å²) in [6.45, 7) is 3.65. The van der Waals surface area contributed by atoms with Gasteiger partial charge in [-0.05, 0) is 77.0 Å². The van der Waals surface area contributed by atoms with Crippen molar-refractivity contribution in [3.63, 3.8) is 0 Å². The third-order valence-electron chi connectivity index (χ3n) is 13.7. The first-order valence-corrected chi connectivity index (χ1v) is 29.8. The Balaban J connectivity index is 2.16. The first-order valence-electron chi connectivity index (χ1n) is 29.8. The van der Waals surface area contributed by atoms with Crippen LogP contribution in [0.3, 0.4) is 0 Å². The Hall–Kier alpha value is -2.63. The minimum atomic E-state index is -1.57. The number of nitrogens with one attached hydrogen (secondary N) is 1. The second-order valence-electron chi connectivity index (χ2n) is 20.4. The van der Waals surface area contributed by atoms with Crippen molar-refractivity contribution in [1.29, 1.82) is 0 Å². The lowest BCUT2D eigenvalue weighted by atomic mass is 9.99. The molecule has 0 radical (unpaired) electrons. The minimum Gasteiger partial charge on any atom is -0.394 e. The Morgan fingerprint density at radius 2 is 0.875 bits per heavy atom. The molecule has 0 spiro atoms. The molecule has 1 heterocycles. The average Bonchev–Trinajstić information content (AvgIpc) is 3.38. The minimum absolute atomic E-state index is 0.187. The summed E-state index contributed by atoms with van der Waals surface area (Å²) < 4.78 is 11.3. The highest BCUT2D eigenvalue weighted by Gasteiger charge is 2.44. The van der Waals surface area contributed by atoms with Crippen LogP contribution in [0.1, 0.15) is 251 Å². The first kappa shape index (κ1) is 67.4. The van der Waals surface area contributed by atoms with Crippen molar-refractivity contribution in [2.24, 2.45) is 0 Å². The molecule has 1 fully saturated rings. The summed E-state index contributed by atoms with van der Waals surface area (Å²) in [7, 11) is 0. The molecule has 0 bridgehead atoms. The van der Waals surface area contributed by atoms with Gasteiger partial charge in [-0.1, -0.05) is 253 Å². The maximum absolute atomic E-state index is 13.1. The highest BCUT2D eigenvalue weighted by Crippen LogP contribution is 2.23. The van der Waals surface area contributed by atoms with Crippen LogP contribution in [-0.2, 0) is 14.3 Å². The maximum atomic E-state index is 13.1. The van der Waals surface area contributed by atoms with Gasteiger partial charge in [0.05, 0.1) is 25.4 Å². The second kappa shape index (κ2) is 51.8. The Kier molecular flexibility index (Phi) is 48.5. The zero-order chi connectivity index (χ0) is 52.2. The number of aliphatic hydroxyl groups excluding tert-OH is 5. The van der Waals surface area contributed by atoms with Gasteiger partial charge < -0.3 is 40.3 Å². The third kappa shape index (κ3) is 40.7. The summed E-state index contributed by atoms with van der Waals surface area (Å²) in [5, 5.41) is 54.5. The number of ether oxygens (including phenoxy) is 2. The second-order valence-corrected chi connectivity index (χ2v) is 20.4. The predicted molar refractivity (Wildman–Crippen MR) is 304 cm³/mol. The molecule has 0 aromatic heterocycles. The fraction of sp³-hybridized carbons (Fsp3) is 0.762. The summed E-state index contributed by atoms with van der Waals surface area (Å²) in [4.78, 5) is 13.1. The number of rotatable bonds is 50. The molecule has 1 saturated heterocycles. The third-order valence-corrected chi connectivity index (χ3v) is 13.7. The number of amides is 1. The van der Waals surface area contributed by atoms with E-state index >= 15 is 0 Å². The van der Waals surface area contributed by atoms with Crippen molar-refractivity contribution in [3.05, 3.63) is 85.1 Å². The molecule has 9 nitrogen and oxygen atoms in total. The van der Waals surface area contributed by atoms with Gasteiger partial charge in [-0.15, -0.1) is 0 Å². The van der Waals surface area contributed by atoms with Gasteiger partial charge in [0, 0.05) is 6.42 Å². The normalized spacial score (nSPS) is 19.8. The first-order chi connectivity index (χ1) is 35.3. The molecule has 9 heteroatoms. The monoisotopic (exact) mass is 1010 g/mol. The van der Waals surface area contributed by atoms with Crippen LogP contribution in [0.5, 0.6) is 0 Å². The van der Waals surface area contributed by atoms with Gasteiger partial charge in [0.1, 0.15) is 24.4 Å². The number of unbranched alkanes of at least 4 members (excludes halogenated alkanes) is 28. The molecule has 0 saturated carbocycles.